The van der Waals surface area contributed by atoms with E-state index in [-0.39, 0.29) is 38.2 Å². The maximum absolute atomic E-state index is 13.1. The Bertz CT molecular complexity index is 1140. The van der Waals surface area contributed by atoms with E-state index in [0.717, 1.165) is 5.56 Å². The van der Waals surface area contributed by atoms with Gasteiger partial charge < -0.3 is 48.3 Å². The van der Waals surface area contributed by atoms with Crippen molar-refractivity contribution in [2.24, 2.45) is 22.2 Å². The van der Waals surface area contributed by atoms with Gasteiger partial charge >= 0.3 is 5.97 Å². The number of nitrogens with one attached hydrogen (secondary N) is 4. The summed E-state index contributed by atoms with van der Waals surface area (Å²) in [5.41, 5.74) is 18.0. The van der Waals surface area contributed by atoms with E-state index >= 15 is 0 Å². The fourth-order valence-electron chi connectivity index (χ4n) is 3.75. The molecule has 1 aromatic heterocycles. The molecule has 2 aromatic rings. The Labute approximate surface area is 231 Å². The number of aromatic nitrogens is 2. The van der Waals surface area contributed by atoms with Gasteiger partial charge in [0.05, 0.1) is 18.5 Å². The average Bonchev–Trinajstić information content (AvgIpc) is 3.41. The zero-order valence-electron chi connectivity index (χ0n) is 22.1. The van der Waals surface area contributed by atoms with Gasteiger partial charge in [-0.25, -0.2) is 9.78 Å². The van der Waals surface area contributed by atoms with Crippen LogP contribution in [0, 0.1) is 0 Å². The van der Waals surface area contributed by atoms with Gasteiger partial charge in [-0.05, 0) is 31.7 Å². The molecule has 0 saturated carbocycles. The second-order valence-corrected chi connectivity index (χ2v) is 9.21. The number of carboxylic acids is 1. The van der Waals surface area contributed by atoms with Crippen LogP contribution >= 0.6 is 0 Å². The number of amides is 3. The Kier molecular flexibility index (Phi) is 12.5. The van der Waals surface area contributed by atoms with Crippen molar-refractivity contribution in [1.82, 2.24) is 25.9 Å². The smallest absolute Gasteiger partial charge is 0.326 e. The molecule has 1 aromatic carbocycles. The van der Waals surface area contributed by atoms with Crippen LogP contribution in [0.3, 0.4) is 0 Å². The molecule has 0 fully saturated rings. The highest BCUT2D eigenvalue weighted by Gasteiger charge is 2.32. The number of guanidine groups is 1. The van der Waals surface area contributed by atoms with Gasteiger partial charge in [0.25, 0.3) is 0 Å². The van der Waals surface area contributed by atoms with Crippen LogP contribution in [0.4, 0.5) is 0 Å². The zero-order valence-corrected chi connectivity index (χ0v) is 22.1. The number of nitrogens with two attached hydrogens (primary N) is 3. The molecule has 40 heavy (non-hydrogen) atoms. The minimum atomic E-state index is -1.44. The number of carboxylic acid groups (broad SMARTS) is 1. The first-order valence-corrected chi connectivity index (χ1v) is 12.6. The molecule has 5 unspecified atom stereocenters. The Morgan fingerprint density at radius 2 is 1.68 bits per heavy atom. The second-order valence-electron chi connectivity index (χ2n) is 9.21. The Morgan fingerprint density at radius 3 is 2.25 bits per heavy atom. The fourth-order valence-corrected chi connectivity index (χ4v) is 3.75. The van der Waals surface area contributed by atoms with E-state index in [0.29, 0.717) is 5.69 Å². The van der Waals surface area contributed by atoms with Crippen LogP contribution in [-0.2, 0) is 32.0 Å². The number of aliphatic carboxylic acids is 1. The van der Waals surface area contributed by atoms with Crippen molar-refractivity contribution < 1.29 is 29.4 Å². The number of nitrogens with zero attached hydrogens (tertiary/aromatic N) is 2. The fraction of sp³-hybridized carbons (Fsp3) is 0.440. The third-order valence-corrected chi connectivity index (χ3v) is 5.87. The first-order valence-electron chi connectivity index (χ1n) is 12.6. The Morgan fingerprint density at radius 1 is 1.00 bits per heavy atom. The minimum Gasteiger partial charge on any atom is -0.480 e. The van der Waals surface area contributed by atoms with Gasteiger partial charge in [0.1, 0.15) is 18.1 Å². The average molecular weight is 560 g/mol. The third-order valence-electron chi connectivity index (χ3n) is 5.87. The van der Waals surface area contributed by atoms with Gasteiger partial charge in [-0.15, -0.1) is 0 Å². The predicted molar refractivity (Wildman–Crippen MR) is 145 cm³/mol. The molecule has 0 spiro atoms. The lowest BCUT2D eigenvalue weighted by molar-refractivity contribution is -0.142. The number of imidazole rings is 1. The Balaban J connectivity index is 2.12. The number of hydrogen-bond acceptors (Lipinski definition) is 8. The number of carbonyl (C=O) groups excluding carboxylic acids is 3. The van der Waals surface area contributed by atoms with Crippen molar-refractivity contribution in [1.29, 1.82) is 0 Å². The predicted octanol–water partition coefficient (Wildman–Crippen LogP) is -2.50. The number of rotatable bonds is 16. The molecule has 3 amide bonds. The first kappa shape index (κ1) is 31.7. The molecule has 15 heteroatoms. The van der Waals surface area contributed by atoms with Crippen LogP contribution in [0.15, 0.2) is 47.8 Å². The van der Waals surface area contributed by atoms with E-state index < -0.39 is 54.0 Å². The molecular formula is C25H37N9O6. The lowest BCUT2D eigenvalue weighted by atomic mass is 10.0. The van der Waals surface area contributed by atoms with Gasteiger partial charge in [0, 0.05) is 24.9 Å². The van der Waals surface area contributed by atoms with E-state index in [1.807, 2.05) is 6.07 Å². The van der Waals surface area contributed by atoms with Gasteiger partial charge in [-0.3, -0.25) is 19.4 Å². The van der Waals surface area contributed by atoms with Gasteiger partial charge in [0.2, 0.25) is 17.7 Å². The summed E-state index contributed by atoms with van der Waals surface area (Å²) in [5, 5.41) is 27.2. The third kappa shape index (κ3) is 10.7. The molecule has 1 heterocycles. The summed E-state index contributed by atoms with van der Waals surface area (Å²) in [4.78, 5) is 61.2. The number of H-pyrrole nitrogens is 1. The van der Waals surface area contributed by atoms with Gasteiger partial charge in [0.15, 0.2) is 5.96 Å². The van der Waals surface area contributed by atoms with E-state index in [1.54, 1.807) is 24.3 Å². The summed E-state index contributed by atoms with van der Waals surface area (Å²) < 4.78 is 0. The number of carbonyl (C=O) groups is 4. The molecule has 0 bridgehead atoms. The van der Waals surface area contributed by atoms with Gasteiger partial charge in [-0.1, -0.05) is 30.3 Å². The number of aliphatic imine (C=N–C) groups is 1. The van der Waals surface area contributed by atoms with Gasteiger partial charge in [-0.2, -0.15) is 0 Å². The van der Waals surface area contributed by atoms with Crippen molar-refractivity contribution >= 4 is 29.7 Å². The van der Waals surface area contributed by atoms with Crippen LogP contribution in [0.2, 0.25) is 0 Å². The lowest BCUT2D eigenvalue weighted by Gasteiger charge is -2.26. The van der Waals surface area contributed by atoms with Crippen LogP contribution in [0.1, 0.15) is 31.0 Å². The largest absolute Gasteiger partial charge is 0.480 e. The van der Waals surface area contributed by atoms with E-state index in [4.69, 9.17) is 17.2 Å². The molecular weight excluding hydrogens is 522 g/mol. The molecule has 0 aliphatic carbocycles. The summed E-state index contributed by atoms with van der Waals surface area (Å²) >= 11 is 0. The highest BCUT2D eigenvalue weighted by atomic mass is 16.4. The molecule has 218 valence electrons. The summed E-state index contributed by atoms with van der Waals surface area (Å²) in [6.45, 7) is 1.44. The number of aliphatic hydroxyl groups excluding tert-OH is 1. The van der Waals surface area contributed by atoms with Crippen molar-refractivity contribution in [2.45, 2.75) is 62.9 Å². The SMILES string of the molecule is CC(O)C(NC(=O)C(N)Cc1ccccc1)C(=O)NC(CCCN=C(N)N)C(=O)NC(Cc1cnc[nH]1)C(=O)O. The summed E-state index contributed by atoms with van der Waals surface area (Å²) in [6, 6.07) is 4.01. The maximum Gasteiger partial charge on any atom is 0.326 e. The quantitative estimate of drug-likeness (QED) is 0.0592. The molecule has 5 atom stereocenters. The number of aliphatic hydroxyl groups is 1. The normalized spacial score (nSPS) is 14.6. The standard InChI is InChI=1S/C25H37N9O6/c1-14(35)20(34-21(36)17(26)10-15-6-3-2-4-7-15)23(38)32-18(8-5-9-30-25(27)28)22(37)33-19(24(39)40)11-16-12-29-13-31-16/h2-4,6-7,12-14,17-20,35H,5,8-11,26H2,1H3,(H,29,31)(H,32,38)(H,33,37)(H,34,36)(H,39,40)(H4,27,28,30). The topological polar surface area (TPSA) is 264 Å². The van der Waals surface area contributed by atoms with Crippen LogP contribution in [-0.4, -0.2) is 86.6 Å². The molecule has 0 saturated heterocycles. The summed E-state index contributed by atoms with van der Waals surface area (Å²) in [7, 11) is 0. The van der Waals surface area contributed by atoms with Crippen LogP contribution in [0.25, 0.3) is 0 Å². The second kappa shape index (κ2) is 15.8. The summed E-state index contributed by atoms with van der Waals surface area (Å²) in [6.07, 6.45) is 1.85. The van der Waals surface area contributed by atoms with Crippen molar-refractivity contribution in [3.63, 3.8) is 0 Å². The molecule has 15 nitrogen and oxygen atoms in total. The van der Waals surface area contributed by atoms with Crippen molar-refractivity contribution in [3.8, 4) is 0 Å². The minimum absolute atomic E-state index is 0.0265. The monoisotopic (exact) mass is 559 g/mol. The highest BCUT2D eigenvalue weighted by Crippen LogP contribution is 2.06. The molecule has 2 rings (SSSR count). The lowest BCUT2D eigenvalue weighted by Crippen LogP contribution is -2.60. The number of hydrogen-bond donors (Lipinski definition) is 9. The molecule has 0 radical (unpaired) electrons. The van der Waals surface area contributed by atoms with Crippen LogP contribution in [0.5, 0.6) is 0 Å². The van der Waals surface area contributed by atoms with E-state index in [9.17, 15) is 29.4 Å². The zero-order chi connectivity index (χ0) is 29.7. The van der Waals surface area contributed by atoms with E-state index in [1.165, 1.54) is 19.4 Å². The maximum atomic E-state index is 13.1. The Hall–Kier alpha value is -4.50. The molecule has 12 N–H and O–H groups in total. The first-order chi connectivity index (χ1) is 19.0. The number of benzene rings is 1. The van der Waals surface area contributed by atoms with Crippen molar-refractivity contribution in [3.05, 3.63) is 54.1 Å². The van der Waals surface area contributed by atoms with Crippen molar-refractivity contribution in [2.75, 3.05) is 6.54 Å². The van der Waals surface area contributed by atoms with Crippen LogP contribution < -0.4 is 33.2 Å². The highest BCUT2D eigenvalue weighted by molar-refractivity contribution is 5.94. The molecule has 0 aliphatic rings. The molecule has 0 aliphatic heterocycles. The summed E-state index contributed by atoms with van der Waals surface area (Å²) in [5.74, 6) is -3.78. The van der Waals surface area contributed by atoms with E-state index in [2.05, 4.69) is 30.9 Å². The number of aromatic amines is 1.